The number of ether oxygens (including phenoxy) is 2. The maximum atomic E-state index is 12.8. The second-order valence-electron chi connectivity index (χ2n) is 7.35. The van der Waals surface area contributed by atoms with Gasteiger partial charge in [-0.15, -0.1) is 0 Å². The number of para-hydroxylation sites is 1. The highest BCUT2D eigenvalue weighted by Gasteiger charge is 2.09. The molecule has 0 heterocycles. The highest BCUT2D eigenvalue weighted by Crippen LogP contribution is 2.31. The van der Waals surface area contributed by atoms with Crippen molar-refractivity contribution in [1.82, 2.24) is 0 Å². The van der Waals surface area contributed by atoms with Gasteiger partial charge in [-0.05, 0) is 58.8 Å². The van der Waals surface area contributed by atoms with Gasteiger partial charge in [0, 0.05) is 17.3 Å². The van der Waals surface area contributed by atoms with Crippen LogP contribution in [-0.4, -0.2) is 31.3 Å². The Bertz CT molecular complexity index is 1370. The summed E-state index contributed by atoms with van der Waals surface area (Å²) in [7, 11) is 3.03. The van der Waals surface area contributed by atoms with Crippen molar-refractivity contribution in [1.29, 1.82) is 0 Å². The molecule has 164 valence electrons. The van der Waals surface area contributed by atoms with Crippen LogP contribution in [0.15, 0.2) is 89.9 Å². The highest BCUT2D eigenvalue weighted by atomic mass is 16.5. The number of benzene rings is 4. The van der Waals surface area contributed by atoms with Crippen LogP contribution >= 0.6 is 0 Å². The molecule has 0 aliphatic carbocycles. The van der Waals surface area contributed by atoms with Gasteiger partial charge in [-0.1, -0.05) is 48.5 Å². The van der Waals surface area contributed by atoms with E-state index in [1.165, 1.54) is 13.3 Å². The zero-order chi connectivity index (χ0) is 23.2. The van der Waals surface area contributed by atoms with Gasteiger partial charge in [0.25, 0.3) is 0 Å². The van der Waals surface area contributed by atoms with Crippen molar-refractivity contribution in [3.63, 3.8) is 0 Å². The van der Waals surface area contributed by atoms with Gasteiger partial charge in [-0.25, -0.2) is 0 Å². The molecule has 5 heteroatoms. The predicted molar refractivity (Wildman–Crippen MR) is 132 cm³/mol. The fourth-order valence-corrected chi connectivity index (χ4v) is 3.47. The quantitative estimate of drug-likeness (QED) is 0.212. The van der Waals surface area contributed by atoms with E-state index in [0.717, 1.165) is 16.3 Å². The number of hydrogen-bond acceptors (Lipinski definition) is 5. The molecular weight excluding hydrogens is 414 g/mol. The molecule has 33 heavy (non-hydrogen) atoms. The molecule has 0 spiro atoms. The van der Waals surface area contributed by atoms with Gasteiger partial charge in [-0.2, -0.15) is 0 Å². The van der Waals surface area contributed by atoms with E-state index in [2.05, 4.69) is 11.1 Å². The highest BCUT2D eigenvalue weighted by molar-refractivity contribution is 6.07. The number of phenolic OH excluding ortho intramolecular Hbond substituents is 1. The van der Waals surface area contributed by atoms with Crippen LogP contribution < -0.4 is 9.47 Å². The molecule has 1 N–H and O–H groups in total. The van der Waals surface area contributed by atoms with Crippen molar-refractivity contribution >= 4 is 34.5 Å². The monoisotopic (exact) mass is 437 g/mol. The van der Waals surface area contributed by atoms with Crippen LogP contribution in [0.5, 0.6) is 17.2 Å². The van der Waals surface area contributed by atoms with Crippen molar-refractivity contribution in [3.05, 3.63) is 102 Å². The first kappa shape index (κ1) is 21.8. The lowest BCUT2D eigenvalue weighted by Crippen LogP contribution is -1.95. The second-order valence-corrected chi connectivity index (χ2v) is 7.35. The minimum Gasteiger partial charge on any atom is -0.504 e. The van der Waals surface area contributed by atoms with Crippen LogP contribution in [0, 0.1) is 0 Å². The van der Waals surface area contributed by atoms with Gasteiger partial charge in [0.15, 0.2) is 17.3 Å². The van der Waals surface area contributed by atoms with E-state index in [1.54, 1.807) is 55.7 Å². The van der Waals surface area contributed by atoms with Crippen LogP contribution in [0.3, 0.4) is 0 Å². The van der Waals surface area contributed by atoms with Gasteiger partial charge in [0.2, 0.25) is 0 Å². The number of aliphatic imine (C=N–C) groups is 1. The summed E-state index contributed by atoms with van der Waals surface area (Å²) in [4.78, 5) is 17.2. The molecule has 0 fully saturated rings. The lowest BCUT2D eigenvalue weighted by atomic mass is 10.0. The van der Waals surface area contributed by atoms with Crippen molar-refractivity contribution in [2.24, 2.45) is 4.99 Å². The topological polar surface area (TPSA) is 68.1 Å². The van der Waals surface area contributed by atoms with E-state index in [4.69, 9.17) is 9.47 Å². The van der Waals surface area contributed by atoms with Gasteiger partial charge in [-0.3, -0.25) is 9.79 Å². The Morgan fingerprint density at radius 2 is 1.64 bits per heavy atom. The van der Waals surface area contributed by atoms with Crippen LogP contribution in [0.1, 0.15) is 21.5 Å². The summed E-state index contributed by atoms with van der Waals surface area (Å²) < 4.78 is 10.5. The summed E-state index contributed by atoms with van der Waals surface area (Å²) in [5.74, 6) is 0.720. The number of rotatable bonds is 7. The molecule has 4 rings (SSSR count). The molecule has 5 nitrogen and oxygen atoms in total. The average molecular weight is 437 g/mol. The minimum absolute atomic E-state index is 0.00624. The van der Waals surface area contributed by atoms with Gasteiger partial charge in [0.05, 0.1) is 14.2 Å². The molecule has 0 saturated carbocycles. The van der Waals surface area contributed by atoms with Crippen LogP contribution in [-0.2, 0) is 0 Å². The van der Waals surface area contributed by atoms with Crippen LogP contribution in [0.25, 0.3) is 16.8 Å². The summed E-state index contributed by atoms with van der Waals surface area (Å²) in [6.45, 7) is 0. The van der Waals surface area contributed by atoms with Crippen molar-refractivity contribution in [2.45, 2.75) is 0 Å². The third-order valence-electron chi connectivity index (χ3n) is 5.26. The molecule has 4 aromatic carbocycles. The van der Waals surface area contributed by atoms with Crippen molar-refractivity contribution in [2.75, 3.05) is 14.2 Å². The number of ketones is 1. The number of aromatic hydroxyl groups is 1. The summed E-state index contributed by atoms with van der Waals surface area (Å²) >= 11 is 0. The number of methoxy groups -OCH3 is 2. The van der Waals surface area contributed by atoms with Crippen molar-refractivity contribution in [3.8, 4) is 17.2 Å². The predicted octanol–water partition coefficient (Wildman–Crippen LogP) is 6.21. The molecule has 0 saturated heterocycles. The van der Waals surface area contributed by atoms with Crippen LogP contribution in [0.2, 0.25) is 0 Å². The van der Waals surface area contributed by atoms with E-state index < -0.39 is 0 Å². The lowest BCUT2D eigenvalue weighted by Gasteiger charge is -2.07. The number of hydrogen-bond donors (Lipinski definition) is 1. The summed E-state index contributed by atoms with van der Waals surface area (Å²) in [6.07, 6.45) is 4.86. The maximum Gasteiger partial charge on any atom is 0.185 e. The summed E-state index contributed by atoms with van der Waals surface area (Å²) in [6, 6.07) is 24.4. The first-order valence-electron chi connectivity index (χ1n) is 10.4. The number of phenols is 1. The number of allylic oxidation sites excluding steroid dienone is 1. The molecule has 0 amide bonds. The lowest BCUT2D eigenvalue weighted by molar-refractivity contribution is 0.104. The second kappa shape index (κ2) is 9.83. The number of nitrogens with zero attached hydrogens (tertiary/aromatic N) is 1. The zero-order valence-corrected chi connectivity index (χ0v) is 18.4. The minimum atomic E-state index is -0.147. The Hall–Kier alpha value is -4.38. The SMILES string of the molecule is COc1ccc(C(=O)/C=C/c2ccc3ccccc3c2)cc1N=Cc1cccc(OC)c1O. The Balaban J connectivity index is 1.59. The fraction of sp³-hybridized carbons (Fsp3) is 0.0714. The Kier molecular flexibility index (Phi) is 6.51. The van der Waals surface area contributed by atoms with Gasteiger partial charge in [0.1, 0.15) is 11.4 Å². The summed E-state index contributed by atoms with van der Waals surface area (Å²) in [5, 5.41) is 12.5. The normalized spacial score (nSPS) is 11.3. The third-order valence-corrected chi connectivity index (χ3v) is 5.26. The van der Waals surface area contributed by atoms with E-state index in [-0.39, 0.29) is 11.5 Å². The van der Waals surface area contributed by atoms with E-state index in [9.17, 15) is 9.90 Å². The largest absolute Gasteiger partial charge is 0.504 e. The molecule has 0 aliphatic rings. The molecule has 0 bridgehead atoms. The van der Waals surface area contributed by atoms with Gasteiger partial charge < -0.3 is 14.6 Å². The van der Waals surface area contributed by atoms with Gasteiger partial charge >= 0.3 is 0 Å². The molecule has 4 aromatic rings. The molecule has 0 aromatic heterocycles. The summed E-state index contributed by atoms with van der Waals surface area (Å²) in [5.41, 5.74) is 2.39. The fourth-order valence-electron chi connectivity index (χ4n) is 3.47. The standard InChI is InChI=1S/C28H23NO4/c1-32-26-15-13-22(17-24(26)29-18-23-8-5-9-27(33-2)28(23)31)25(30)14-11-19-10-12-20-6-3-4-7-21(20)16-19/h3-18,31H,1-2H3/b14-11+,29-18?. The first-order valence-corrected chi connectivity index (χ1v) is 10.4. The molecule has 0 aliphatic heterocycles. The van der Waals surface area contributed by atoms with Crippen molar-refractivity contribution < 1.29 is 19.4 Å². The molecule has 0 atom stereocenters. The van der Waals surface area contributed by atoms with E-state index in [0.29, 0.717) is 28.3 Å². The Labute approximate surface area is 192 Å². The van der Waals surface area contributed by atoms with Crippen LogP contribution in [0.4, 0.5) is 5.69 Å². The van der Waals surface area contributed by atoms with E-state index >= 15 is 0 Å². The molecular formula is C28H23NO4. The Morgan fingerprint density at radius 1 is 0.848 bits per heavy atom. The average Bonchev–Trinajstić information content (AvgIpc) is 2.86. The maximum absolute atomic E-state index is 12.8. The Morgan fingerprint density at radius 3 is 2.42 bits per heavy atom. The number of carbonyl (C=O) groups excluding carboxylic acids is 1. The molecule has 0 radical (unpaired) electrons. The smallest absolute Gasteiger partial charge is 0.185 e. The van der Waals surface area contributed by atoms with E-state index in [1.807, 2.05) is 36.4 Å². The third kappa shape index (κ3) is 4.93. The zero-order valence-electron chi connectivity index (χ0n) is 18.4. The molecule has 0 unspecified atom stereocenters. The number of fused-ring (bicyclic) bond motifs is 1. The first-order chi connectivity index (χ1) is 16.1. The number of carbonyl (C=O) groups is 1.